The van der Waals surface area contributed by atoms with E-state index in [1.807, 2.05) is 12.1 Å². The minimum Gasteiger partial charge on any atom is -0.497 e. The summed E-state index contributed by atoms with van der Waals surface area (Å²) in [4.78, 5) is 0. The molecule has 1 aromatic carbocycles. The predicted octanol–water partition coefficient (Wildman–Crippen LogP) is 1.75. The molecule has 2 N–H and O–H groups in total. The summed E-state index contributed by atoms with van der Waals surface area (Å²) in [6.07, 6.45) is 4.51. The van der Waals surface area contributed by atoms with Crippen LogP contribution in [0.5, 0.6) is 5.75 Å². The van der Waals surface area contributed by atoms with Crippen LogP contribution in [0.4, 0.5) is 0 Å². The summed E-state index contributed by atoms with van der Waals surface area (Å²) in [7, 11) is 1.71. The number of hydrogen-bond donors (Lipinski definition) is 1. The van der Waals surface area contributed by atoms with Crippen molar-refractivity contribution in [1.29, 1.82) is 0 Å². The number of nitrogens with zero attached hydrogens (tertiary/aromatic N) is 1. The fraction of sp³-hybridized carbons (Fsp3) is 0.375. The molecule has 2 heterocycles. The Kier molecular flexibility index (Phi) is 3.56. The third-order valence-corrected chi connectivity index (χ3v) is 3.97. The molecule has 1 aliphatic heterocycles. The normalized spacial score (nSPS) is 18.1. The van der Waals surface area contributed by atoms with Gasteiger partial charge >= 0.3 is 0 Å². The van der Waals surface area contributed by atoms with Crippen molar-refractivity contribution in [2.75, 3.05) is 13.7 Å². The van der Waals surface area contributed by atoms with Crippen LogP contribution in [0, 0.1) is 0 Å². The quantitative estimate of drug-likeness (QED) is 0.889. The summed E-state index contributed by atoms with van der Waals surface area (Å²) in [5.41, 5.74) is 2.86. The zero-order valence-corrected chi connectivity index (χ0v) is 11.4. The second-order valence-electron chi connectivity index (χ2n) is 5.14. The number of quaternary nitrogens is 1. The monoisotopic (exact) mass is 257 g/mol. The molecule has 3 heteroatoms. The Bertz CT molecular complexity index is 530. The van der Waals surface area contributed by atoms with E-state index in [-0.39, 0.29) is 0 Å². The van der Waals surface area contributed by atoms with Crippen molar-refractivity contribution in [2.24, 2.45) is 0 Å². The molecule has 0 unspecified atom stereocenters. The van der Waals surface area contributed by atoms with E-state index in [0.717, 1.165) is 18.7 Å². The number of ether oxygens (including phenoxy) is 1. The number of methoxy groups -OCH3 is 1. The maximum Gasteiger partial charge on any atom is 0.127 e. The summed E-state index contributed by atoms with van der Waals surface area (Å²) in [5.74, 6) is 0.932. The van der Waals surface area contributed by atoms with Crippen molar-refractivity contribution in [3.05, 3.63) is 53.9 Å². The highest BCUT2D eigenvalue weighted by Gasteiger charge is 2.22. The smallest absolute Gasteiger partial charge is 0.127 e. The van der Waals surface area contributed by atoms with E-state index < -0.39 is 0 Å². The van der Waals surface area contributed by atoms with Gasteiger partial charge in [-0.25, -0.2) is 0 Å². The first-order valence-electron chi connectivity index (χ1n) is 6.98. The minimum absolute atomic E-state index is 0.603. The lowest BCUT2D eigenvalue weighted by Crippen LogP contribution is -2.87. The molecule has 100 valence electrons. The highest BCUT2D eigenvalue weighted by atomic mass is 16.5. The van der Waals surface area contributed by atoms with Gasteiger partial charge in [-0.2, -0.15) is 0 Å². The van der Waals surface area contributed by atoms with Gasteiger partial charge < -0.3 is 14.6 Å². The van der Waals surface area contributed by atoms with Crippen molar-refractivity contribution in [1.82, 2.24) is 4.57 Å². The third kappa shape index (κ3) is 2.66. The first-order chi connectivity index (χ1) is 9.36. The van der Waals surface area contributed by atoms with E-state index >= 15 is 0 Å². The average molecular weight is 257 g/mol. The summed E-state index contributed by atoms with van der Waals surface area (Å²) in [6, 6.07) is 13.4. The second kappa shape index (κ2) is 5.49. The first-order valence-corrected chi connectivity index (χ1v) is 6.98. The standard InChI is InChI=1S/C16H20N2O/c1-19-14-7-4-13(5-8-14)6-9-15-16-3-2-11-18(16)12-10-17-15/h2-5,7-8,11,15,17H,6,9-10,12H2,1H3/p+1/t15-/m1/s1. The third-order valence-electron chi connectivity index (χ3n) is 3.97. The van der Waals surface area contributed by atoms with Crippen LogP contribution in [0.1, 0.15) is 23.7 Å². The van der Waals surface area contributed by atoms with E-state index in [1.54, 1.807) is 7.11 Å². The minimum atomic E-state index is 0.603. The molecule has 1 aliphatic rings. The van der Waals surface area contributed by atoms with E-state index in [1.165, 1.54) is 24.2 Å². The number of rotatable bonds is 4. The number of fused-ring (bicyclic) bond motifs is 1. The van der Waals surface area contributed by atoms with E-state index in [9.17, 15) is 0 Å². The Labute approximate surface area is 114 Å². The molecule has 1 atom stereocenters. The summed E-state index contributed by atoms with van der Waals surface area (Å²) in [5, 5.41) is 2.47. The van der Waals surface area contributed by atoms with Gasteiger partial charge in [-0.1, -0.05) is 12.1 Å². The molecule has 0 radical (unpaired) electrons. The molecule has 0 bridgehead atoms. The van der Waals surface area contributed by atoms with Crippen LogP contribution < -0.4 is 10.1 Å². The first kappa shape index (κ1) is 12.3. The lowest BCUT2D eigenvalue weighted by molar-refractivity contribution is -0.703. The van der Waals surface area contributed by atoms with Gasteiger partial charge in [0.2, 0.25) is 0 Å². The molecule has 1 aromatic heterocycles. The maximum atomic E-state index is 5.19. The summed E-state index contributed by atoms with van der Waals surface area (Å²) < 4.78 is 7.58. The van der Waals surface area contributed by atoms with Gasteiger partial charge in [0.25, 0.3) is 0 Å². The highest BCUT2D eigenvalue weighted by Crippen LogP contribution is 2.19. The molecule has 0 saturated carbocycles. The summed E-state index contributed by atoms with van der Waals surface area (Å²) in [6.45, 7) is 2.33. The molecule has 0 saturated heterocycles. The largest absolute Gasteiger partial charge is 0.497 e. The Morgan fingerprint density at radius 2 is 2.11 bits per heavy atom. The van der Waals surface area contributed by atoms with Crippen LogP contribution in [0.2, 0.25) is 0 Å². The zero-order valence-electron chi connectivity index (χ0n) is 11.4. The van der Waals surface area contributed by atoms with Gasteiger partial charge in [0.15, 0.2) is 0 Å². The van der Waals surface area contributed by atoms with Crippen molar-refractivity contribution in [3.8, 4) is 5.75 Å². The van der Waals surface area contributed by atoms with Crippen molar-refractivity contribution in [2.45, 2.75) is 25.4 Å². The number of aromatic nitrogens is 1. The van der Waals surface area contributed by atoms with Gasteiger partial charge in [0.1, 0.15) is 11.8 Å². The Balaban J connectivity index is 1.64. The Morgan fingerprint density at radius 1 is 1.26 bits per heavy atom. The van der Waals surface area contributed by atoms with Crippen molar-refractivity contribution in [3.63, 3.8) is 0 Å². The molecule has 0 spiro atoms. The van der Waals surface area contributed by atoms with Gasteiger partial charge in [-0.15, -0.1) is 0 Å². The van der Waals surface area contributed by atoms with E-state index in [4.69, 9.17) is 4.74 Å². The maximum absolute atomic E-state index is 5.19. The van der Waals surface area contributed by atoms with Crippen LogP contribution in [0.3, 0.4) is 0 Å². The SMILES string of the molecule is COc1ccc(CC[C@H]2[NH2+]CCn3cccc32)cc1. The molecule has 0 amide bonds. The van der Waals surface area contributed by atoms with Crippen molar-refractivity contribution < 1.29 is 10.1 Å². The van der Waals surface area contributed by atoms with Crippen molar-refractivity contribution >= 4 is 0 Å². The summed E-state index contributed by atoms with van der Waals surface area (Å²) >= 11 is 0. The van der Waals surface area contributed by atoms with Gasteiger partial charge in [-0.05, 0) is 36.2 Å². The molecule has 19 heavy (non-hydrogen) atoms. The lowest BCUT2D eigenvalue weighted by atomic mass is 10.0. The molecule has 2 aromatic rings. The topological polar surface area (TPSA) is 30.8 Å². The Hall–Kier alpha value is -1.74. The van der Waals surface area contributed by atoms with Crippen LogP contribution >= 0.6 is 0 Å². The number of benzene rings is 1. The number of hydrogen-bond acceptors (Lipinski definition) is 1. The lowest BCUT2D eigenvalue weighted by Gasteiger charge is -2.23. The van der Waals surface area contributed by atoms with Gasteiger partial charge in [0.05, 0.1) is 25.9 Å². The zero-order chi connectivity index (χ0) is 13.1. The highest BCUT2D eigenvalue weighted by molar-refractivity contribution is 5.27. The predicted molar refractivity (Wildman–Crippen MR) is 75.3 cm³/mol. The fourth-order valence-corrected chi connectivity index (χ4v) is 2.88. The van der Waals surface area contributed by atoms with Gasteiger partial charge in [0, 0.05) is 12.6 Å². The van der Waals surface area contributed by atoms with Crippen LogP contribution in [-0.2, 0) is 13.0 Å². The molecule has 3 rings (SSSR count). The fourth-order valence-electron chi connectivity index (χ4n) is 2.88. The van der Waals surface area contributed by atoms with Crippen LogP contribution in [-0.4, -0.2) is 18.2 Å². The Morgan fingerprint density at radius 3 is 2.89 bits per heavy atom. The van der Waals surface area contributed by atoms with E-state index in [2.05, 4.69) is 40.3 Å². The molecular formula is C16H21N2O+. The van der Waals surface area contributed by atoms with Crippen LogP contribution in [0.25, 0.3) is 0 Å². The number of nitrogens with two attached hydrogens (primary N) is 1. The van der Waals surface area contributed by atoms with E-state index in [0.29, 0.717) is 6.04 Å². The van der Waals surface area contributed by atoms with Crippen LogP contribution in [0.15, 0.2) is 42.6 Å². The molecule has 0 fully saturated rings. The molecule has 0 aliphatic carbocycles. The average Bonchev–Trinajstić information content (AvgIpc) is 2.94. The molecular weight excluding hydrogens is 236 g/mol. The van der Waals surface area contributed by atoms with Gasteiger partial charge in [-0.3, -0.25) is 0 Å². The number of aryl methyl sites for hydroxylation is 1. The second-order valence-corrected chi connectivity index (χ2v) is 5.14. The molecule has 3 nitrogen and oxygen atoms in total.